The van der Waals surface area contributed by atoms with Crippen LogP contribution in [0.2, 0.25) is 0 Å². The van der Waals surface area contributed by atoms with Crippen molar-refractivity contribution in [2.75, 3.05) is 25.1 Å². The average Bonchev–Trinajstić information content (AvgIpc) is 2.44. The van der Waals surface area contributed by atoms with Gasteiger partial charge in [-0.1, -0.05) is 6.07 Å². The number of aromatic nitrogens is 1. The van der Waals surface area contributed by atoms with Crippen LogP contribution in [0.15, 0.2) is 30.5 Å². The number of carboxylic acid groups (broad SMARTS) is 2. The molecular formula is C14H14N2O5. The Balaban J connectivity index is 2.54. The summed E-state index contributed by atoms with van der Waals surface area (Å²) in [5, 5.41) is 19.3. The van der Waals surface area contributed by atoms with Crippen LogP contribution in [0.1, 0.15) is 0 Å². The van der Waals surface area contributed by atoms with Crippen molar-refractivity contribution in [2.24, 2.45) is 0 Å². The number of benzene rings is 1. The van der Waals surface area contributed by atoms with E-state index in [1.54, 1.807) is 24.3 Å². The predicted octanol–water partition coefficient (Wildman–Crippen LogP) is 1.22. The fraction of sp³-hybridized carbons (Fsp3) is 0.214. The highest BCUT2D eigenvalue weighted by Crippen LogP contribution is 2.28. The van der Waals surface area contributed by atoms with Gasteiger partial charge in [-0.05, 0) is 23.6 Å². The number of hydrogen-bond donors (Lipinski definition) is 2. The molecule has 2 rings (SSSR count). The first-order valence-electron chi connectivity index (χ1n) is 6.12. The summed E-state index contributed by atoms with van der Waals surface area (Å²) in [4.78, 5) is 27.2. The van der Waals surface area contributed by atoms with E-state index in [1.807, 2.05) is 0 Å². The van der Waals surface area contributed by atoms with Gasteiger partial charge in [0.25, 0.3) is 0 Å². The molecule has 0 aliphatic heterocycles. The number of nitrogens with zero attached hydrogens (tertiary/aromatic N) is 2. The maximum Gasteiger partial charge on any atom is 0.323 e. The van der Waals surface area contributed by atoms with Crippen LogP contribution in [-0.4, -0.2) is 47.3 Å². The number of aliphatic carboxylic acids is 2. The second kappa shape index (κ2) is 6.08. The van der Waals surface area contributed by atoms with Crippen LogP contribution in [0.3, 0.4) is 0 Å². The van der Waals surface area contributed by atoms with Crippen molar-refractivity contribution in [1.82, 2.24) is 4.98 Å². The summed E-state index contributed by atoms with van der Waals surface area (Å²) in [5.74, 6) is -1.37. The molecule has 7 heteroatoms. The predicted molar refractivity (Wildman–Crippen MR) is 75.8 cm³/mol. The Bertz CT molecular complexity index is 670. The maximum atomic E-state index is 10.9. The van der Waals surface area contributed by atoms with Crippen molar-refractivity contribution in [3.63, 3.8) is 0 Å². The zero-order valence-electron chi connectivity index (χ0n) is 11.3. The Morgan fingerprint density at radius 3 is 2.43 bits per heavy atom. The number of rotatable bonds is 6. The lowest BCUT2D eigenvalue weighted by Gasteiger charge is -2.21. The van der Waals surface area contributed by atoms with Crippen LogP contribution in [0.5, 0.6) is 5.75 Å². The minimum Gasteiger partial charge on any atom is -0.497 e. The van der Waals surface area contributed by atoms with Crippen LogP contribution < -0.4 is 9.64 Å². The molecular weight excluding hydrogens is 276 g/mol. The second-order valence-electron chi connectivity index (χ2n) is 4.37. The van der Waals surface area contributed by atoms with E-state index in [2.05, 4.69) is 4.98 Å². The van der Waals surface area contributed by atoms with Gasteiger partial charge in [0, 0.05) is 11.6 Å². The summed E-state index contributed by atoms with van der Waals surface area (Å²) >= 11 is 0. The number of ether oxygens (including phenoxy) is 1. The van der Waals surface area contributed by atoms with Gasteiger partial charge in [0.1, 0.15) is 24.7 Å². The molecule has 0 atom stereocenters. The first-order valence-corrected chi connectivity index (χ1v) is 6.12. The SMILES string of the molecule is COc1ccc2ccnc(N(CC(=O)O)CC(=O)O)c2c1. The molecule has 0 spiro atoms. The molecule has 1 heterocycles. The minimum absolute atomic E-state index is 0.302. The lowest BCUT2D eigenvalue weighted by atomic mass is 10.1. The van der Waals surface area contributed by atoms with Crippen LogP contribution in [-0.2, 0) is 9.59 Å². The van der Waals surface area contributed by atoms with E-state index >= 15 is 0 Å². The molecule has 0 aliphatic carbocycles. The monoisotopic (exact) mass is 290 g/mol. The molecule has 1 aromatic heterocycles. The fourth-order valence-corrected chi connectivity index (χ4v) is 2.04. The van der Waals surface area contributed by atoms with Crippen molar-refractivity contribution in [3.8, 4) is 5.75 Å². The van der Waals surface area contributed by atoms with Gasteiger partial charge in [-0.15, -0.1) is 0 Å². The summed E-state index contributed by atoms with van der Waals surface area (Å²) in [5.41, 5.74) is 0. The second-order valence-corrected chi connectivity index (χ2v) is 4.37. The molecule has 0 radical (unpaired) electrons. The average molecular weight is 290 g/mol. The van der Waals surface area contributed by atoms with Crippen LogP contribution in [0, 0.1) is 0 Å². The van der Waals surface area contributed by atoms with Gasteiger partial charge in [0.05, 0.1) is 7.11 Å². The number of carboxylic acids is 2. The third-order valence-corrected chi connectivity index (χ3v) is 2.90. The molecule has 110 valence electrons. The topological polar surface area (TPSA) is 100.0 Å². The molecule has 2 aromatic rings. The standard InChI is InChI=1S/C14H14N2O5/c1-21-10-3-2-9-4-5-15-14(11(9)6-10)16(7-12(17)18)8-13(19)20/h2-6H,7-8H2,1H3,(H,17,18)(H,19,20). The van der Waals surface area contributed by atoms with Crippen LogP contribution in [0.25, 0.3) is 10.8 Å². The molecule has 0 amide bonds. The normalized spacial score (nSPS) is 10.3. The Hall–Kier alpha value is -2.83. The summed E-state index contributed by atoms with van der Waals surface area (Å²) < 4.78 is 5.14. The molecule has 0 aliphatic rings. The number of methoxy groups -OCH3 is 1. The van der Waals surface area contributed by atoms with Crippen LogP contribution >= 0.6 is 0 Å². The Morgan fingerprint density at radius 2 is 1.86 bits per heavy atom. The number of fused-ring (bicyclic) bond motifs is 1. The Labute approximate surface area is 120 Å². The first kappa shape index (κ1) is 14.6. The van der Waals surface area contributed by atoms with Gasteiger partial charge >= 0.3 is 11.9 Å². The summed E-state index contributed by atoms with van der Waals surface area (Å²) in [6.45, 7) is -0.898. The lowest BCUT2D eigenvalue weighted by molar-refractivity contribution is -0.136. The maximum absolute atomic E-state index is 10.9. The lowest BCUT2D eigenvalue weighted by Crippen LogP contribution is -2.35. The smallest absolute Gasteiger partial charge is 0.323 e. The minimum atomic E-state index is -1.13. The van der Waals surface area contributed by atoms with E-state index < -0.39 is 25.0 Å². The van der Waals surface area contributed by atoms with Crippen molar-refractivity contribution >= 4 is 28.5 Å². The van der Waals surface area contributed by atoms with Crippen molar-refractivity contribution in [1.29, 1.82) is 0 Å². The number of pyridine rings is 1. The van der Waals surface area contributed by atoms with E-state index in [4.69, 9.17) is 14.9 Å². The van der Waals surface area contributed by atoms with Crippen molar-refractivity contribution in [2.45, 2.75) is 0 Å². The fourth-order valence-electron chi connectivity index (χ4n) is 2.04. The molecule has 0 bridgehead atoms. The van der Waals surface area contributed by atoms with Gasteiger partial charge < -0.3 is 19.8 Å². The quantitative estimate of drug-likeness (QED) is 0.825. The van der Waals surface area contributed by atoms with Gasteiger partial charge in [-0.3, -0.25) is 9.59 Å². The number of carbonyl (C=O) groups is 2. The molecule has 2 N–H and O–H groups in total. The summed E-state index contributed by atoms with van der Waals surface area (Å²) in [6.07, 6.45) is 1.51. The van der Waals surface area contributed by atoms with Gasteiger partial charge in [0.2, 0.25) is 0 Å². The highest BCUT2D eigenvalue weighted by Gasteiger charge is 2.18. The highest BCUT2D eigenvalue weighted by molar-refractivity contribution is 5.95. The largest absolute Gasteiger partial charge is 0.497 e. The van der Waals surface area contributed by atoms with E-state index in [0.717, 1.165) is 5.39 Å². The van der Waals surface area contributed by atoms with Gasteiger partial charge in [-0.2, -0.15) is 0 Å². The zero-order chi connectivity index (χ0) is 15.4. The summed E-state index contributed by atoms with van der Waals surface area (Å²) in [6, 6.07) is 7.04. The number of anilines is 1. The third-order valence-electron chi connectivity index (χ3n) is 2.90. The van der Waals surface area contributed by atoms with Gasteiger partial charge in [0.15, 0.2) is 0 Å². The first-order chi connectivity index (χ1) is 10.0. The molecule has 0 fully saturated rings. The van der Waals surface area contributed by atoms with E-state index in [0.29, 0.717) is 17.0 Å². The molecule has 7 nitrogen and oxygen atoms in total. The Morgan fingerprint density at radius 1 is 1.19 bits per heavy atom. The van der Waals surface area contributed by atoms with Crippen LogP contribution in [0.4, 0.5) is 5.82 Å². The summed E-state index contributed by atoms with van der Waals surface area (Å²) in [7, 11) is 1.52. The molecule has 21 heavy (non-hydrogen) atoms. The highest BCUT2D eigenvalue weighted by atomic mass is 16.5. The molecule has 1 aromatic carbocycles. The van der Waals surface area contributed by atoms with Crippen molar-refractivity contribution in [3.05, 3.63) is 30.5 Å². The Kier molecular flexibility index (Phi) is 4.22. The van der Waals surface area contributed by atoms with E-state index in [9.17, 15) is 9.59 Å². The number of hydrogen-bond acceptors (Lipinski definition) is 5. The van der Waals surface area contributed by atoms with E-state index in [1.165, 1.54) is 18.2 Å². The molecule has 0 saturated carbocycles. The van der Waals surface area contributed by atoms with Gasteiger partial charge in [-0.25, -0.2) is 4.98 Å². The zero-order valence-corrected chi connectivity index (χ0v) is 11.3. The van der Waals surface area contributed by atoms with E-state index in [-0.39, 0.29) is 0 Å². The molecule has 0 saturated heterocycles. The van der Waals surface area contributed by atoms with Crippen molar-refractivity contribution < 1.29 is 24.5 Å². The molecule has 0 unspecified atom stereocenters. The third kappa shape index (κ3) is 3.38.